The van der Waals surface area contributed by atoms with Gasteiger partial charge >= 0.3 is 5.82 Å². The Morgan fingerprint density at radius 1 is 1.40 bits per heavy atom. The molecule has 0 aromatic carbocycles. The number of nitrogens with zero attached hydrogens (tertiary/aromatic N) is 3. The second kappa shape index (κ2) is 5.96. The lowest BCUT2D eigenvalue weighted by Gasteiger charge is -2.14. The fraction of sp³-hybridized carbons (Fsp3) is 0.231. The van der Waals surface area contributed by atoms with E-state index in [9.17, 15) is 10.1 Å². The highest BCUT2D eigenvalue weighted by Crippen LogP contribution is 2.31. The predicted octanol–water partition coefficient (Wildman–Crippen LogP) is 3.60. The van der Waals surface area contributed by atoms with Crippen LogP contribution < -0.4 is 4.74 Å². The summed E-state index contributed by atoms with van der Waals surface area (Å²) >= 11 is 3.22. The molecule has 2 rings (SSSR count). The molecule has 0 saturated heterocycles. The van der Waals surface area contributed by atoms with Crippen molar-refractivity contribution in [2.24, 2.45) is 0 Å². The Labute approximate surface area is 124 Å². The number of rotatable bonds is 4. The first-order chi connectivity index (χ1) is 9.47. The van der Waals surface area contributed by atoms with Gasteiger partial charge in [0.15, 0.2) is 6.20 Å². The van der Waals surface area contributed by atoms with Crippen molar-refractivity contribution < 1.29 is 9.66 Å². The van der Waals surface area contributed by atoms with Gasteiger partial charge in [0.1, 0.15) is 6.10 Å². The van der Waals surface area contributed by atoms with Crippen LogP contribution in [0.3, 0.4) is 0 Å². The average molecular weight is 338 g/mol. The molecule has 104 valence electrons. The number of hydrogen-bond donors (Lipinski definition) is 0. The number of ether oxygens (including phenoxy) is 1. The smallest absolute Gasteiger partial charge is 0.406 e. The van der Waals surface area contributed by atoms with Crippen molar-refractivity contribution in [3.05, 3.63) is 56.4 Å². The largest absolute Gasteiger partial charge is 0.476 e. The highest BCUT2D eigenvalue weighted by Gasteiger charge is 2.20. The zero-order valence-electron chi connectivity index (χ0n) is 10.9. The number of pyridine rings is 2. The van der Waals surface area contributed by atoms with Crippen molar-refractivity contribution >= 4 is 21.7 Å². The summed E-state index contributed by atoms with van der Waals surface area (Å²) in [5, 5.41) is 10.9. The van der Waals surface area contributed by atoms with Crippen LogP contribution in [0, 0.1) is 17.0 Å². The summed E-state index contributed by atoms with van der Waals surface area (Å²) < 4.78 is 6.25. The van der Waals surface area contributed by atoms with E-state index in [0.29, 0.717) is 10.2 Å². The molecule has 6 nitrogen and oxygen atoms in total. The van der Waals surface area contributed by atoms with Gasteiger partial charge < -0.3 is 14.9 Å². The molecule has 2 aromatic rings. The molecular formula is C13H12BrN3O3. The maximum atomic E-state index is 10.9. The van der Waals surface area contributed by atoms with Gasteiger partial charge in [0, 0.05) is 12.3 Å². The molecule has 0 amide bonds. The van der Waals surface area contributed by atoms with Gasteiger partial charge in [-0.05, 0) is 57.4 Å². The van der Waals surface area contributed by atoms with Crippen molar-refractivity contribution in [2.45, 2.75) is 20.0 Å². The number of halogens is 1. The lowest BCUT2D eigenvalue weighted by Crippen LogP contribution is -2.07. The third-order valence-electron chi connectivity index (χ3n) is 2.63. The Morgan fingerprint density at radius 3 is 2.80 bits per heavy atom. The standard InChI is InChI=1S/C13H12BrN3O3/c1-8-3-4-15-11(5-8)9(2)20-12-6-10(14)7-16-13(12)17(18)19/h3-7,9H,1-2H3. The molecule has 0 N–H and O–H groups in total. The van der Waals surface area contributed by atoms with Crippen molar-refractivity contribution in [1.29, 1.82) is 0 Å². The molecule has 0 spiro atoms. The number of hydrogen-bond acceptors (Lipinski definition) is 5. The Bertz CT molecular complexity index is 649. The molecule has 20 heavy (non-hydrogen) atoms. The fourth-order valence-electron chi connectivity index (χ4n) is 1.67. The van der Waals surface area contributed by atoms with E-state index in [-0.39, 0.29) is 11.6 Å². The SMILES string of the molecule is Cc1ccnc(C(C)Oc2cc(Br)cnc2[N+](=O)[O-])c1. The maximum Gasteiger partial charge on any atom is 0.406 e. The third-order valence-corrected chi connectivity index (χ3v) is 3.06. The Kier molecular flexibility index (Phi) is 4.29. The first-order valence-electron chi connectivity index (χ1n) is 5.86. The summed E-state index contributed by atoms with van der Waals surface area (Å²) in [6.07, 6.45) is 2.63. The number of nitro groups is 1. The zero-order chi connectivity index (χ0) is 14.7. The molecule has 0 fully saturated rings. The molecule has 2 heterocycles. The molecule has 0 bridgehead atoms. The third kappa shape index (κ3) is 3.30. The Hall–Kier alpha value is -2.02. The van der Waals surface area contributed by atoms with Crippen LogP contribution in [-0.4, -0.2) is 14.9 Å². The quantitative estimate of drug-likeness (QED) is 0.629. The second-order valence-electron chi connectivity index (χ2n) is 4.25. The van der Waals surface area contributed by atoms with Gasteiger partial charge in [-0.1, -0.05) is 0 Å². The van der Waals surface area contributed by atoms with Crippen molar-refractivity contribution in [3.8, 4) is 5.75 Å². The van der Waals surface area contributed by atoms with Gasteiger partial charge in [-0.2, -0.15) is 0 Å². The lowest BCUT2D eigenvalue weighted by atomic mass is 10.2. The van der Waals surface area contributed by atoms with E-state index < -0.39 is 11.0 Å². The van der Waals surface area contributed by atoms with Crippen molar-refractivity contribution in [2.75, 3.05) is 0 Å². The summed E-state index contributed by atoms with van der Waals surface area (Å²) in [5.74, 6) is -0.201. The topological polar surface area (TPSA) is 78.2 Å². The van der Waals surface area contributed by atoms with Crippen LogP contribution in [-0.2, 0) is 0 Å². The van der Waals surface area contributed by atoms with E-state index in [1.165, 1.54) is 12.3 Å². The van der Waals surface area contributed by atoms with Gasteiger partial charge in [-0.25, -0.2) is 0 Å². The summed E-state index contributed by atoms with van der Waals surface area (Å²) in [4.78, 5) is 18.3. The minimum atomic E-state index is -0.571. The van der Waals surface area contributed by atoms with Gasteiger partial charge in [-0.15, -0.1) is 0 Å². The molecule has 1 atom stereocenters. The highest BCUT2D eigenvalue weighted by atomic mass is 79.9. The van der Waals surface area contributed by atoms with E-state index in [1.807, 2.05) is 19.1 Å². The van der Waals surface area contributed by atoms with Crippen LogP contribution in [0.1, 0.15) is 24.3 Å². The maximum absolute atomic E-state index is 10.9. The summed E-state index contributed by atoms with van der Waals surface area (Å²) in [5.41, 5.74) is 1.76. The van der Waals surface area contributed by atoms with Crippen LogP contribution in [0.5, 0.6) is 5.75 Å². The first-order valence-corrected chi connectivity index (χ1v) is 6.66. The highest BCUT2D eigenvalue weighted by molar-refractivity contribution is 9.10. The van der Waals surface area contributed by atoms with E-state index in [2.05, 4.69) is 25.9 Å². The fourth-order valence-corrected chi connectivity index (χ4v) is 1.98. The minimum Gasteiger partial charge on any atom is -0.476 e. The molecule has 7 heteroatoms. The molecule has 0 aliphatic rings. The molecule has 0 aliphatic carbocycles. The van der Waals surface area contributed by atoms with Crippen molar-refractivity contribution in [1.82, 2.24) is 9.97 Å². The molecule has 0 aliphatic heterocycles. The van der Waals surface area contributed by atoms with E-state index >= 15 is 0 Å². The predicted molar refractivity (Wildman–Crippen MR) is 76.6 cm³/mol. The van der Waals surface area contributed by atoms with Crippen molar-refractivity contribution in [3.63, 3.8) is 0 Å². The number of aryl methyl sites for hydroxylation is 1. The Balaban J connectivity index is 2.29. The van der Waals surface area contributed by atoms with Gasteiger partial charge in [-0.3, -0.25) is 4.98 Å². The van der Waals surface area contributed by atoms with E-state index in [1.54, 1.807) is 13.1 Å². The van der Waals surface area contributed by atoms with E-state index in [0.717, 1.165) is 5.56 Å². The summed E-state index contributed by atoms with van der Waals surface area (Å²) in [7, 11) is 0. The first kappa shape index (κ1) is 14.4. The Morgan fingerprint density at radius 2 is 2.15 bits per heavy atom. The van der Waals surface area contributed by atoms with Gasteiger partial charge in [0.25, 0.3) is 0 Å². The molecule has 0 radical (unpaired) electrons. The molecule has 2 aromatic heterocycles. The van der Waals surface area contributed by atoms with Gasteiger partial charge in [0.05, 0.1) is 10.2 Å². The van der Waals surface area contributed by atoms with Crippen LogP contribution in [0.25, 0.3) is 0 Å². The lowest BCUT2D eigenvalue weighted by molar-refractivity contribution is -0.390. The molecule has 1 unspecified atom stereocenters. The zero-order valence-corrected chi connectivity index (χ0v) is 12.5. The number of aromatic nitrogens is 2. The normalized spacial score (nSPS) is 11.9. The van der Waals surface area contributed by atoms with Crippen LogP contribution in [0.2, 0.25) is 0 Å². The minimum absolute atomic E-state index is 0.111. The molecule has 0 saturated carbocycles. The average Bonchev–Trinajstić information content (AvgIpc) is 2.38. The van der Waals surface area contributed by atoms with E-state index in [4.69, 9.17) is 4.74 Å². The second-order valence-corrected chi connectivity index (χ2v) is 5.17. The monoisotopic (exact) mass is 337 g/mol. The van der Waals surface area contributed by atoms with Crippen LogP contribution in [0.4, 0.5) is 5.82 Å². The van der Waals surface area contributed by atoms with Crippen LogP contribution >= 0.6 is 15.9 Å². The summed E-state index contributed by atoms with van der Waals surface area (Å²) in [6, 6.07) is 5.28. The van der Waals surface area contributed by atoms with Crippen LogP contribution in [0.15, 0.2) is 35.1 Å². The molecular weight excluding hydrogens is 326 g/mol. The summed E-state index contributed by atoms with van der Waals surface area (Å²) in [6.45, 7) is 3.73. The van der Waals surface area contributed by atoms with Gasteiger partial charge in [0.2, 0.25) is 5.75 Å².